The molecule has 0 bridgehead atoms. The van der Waals surface area contributed by atoms with Gasteiger partial charge < -0.3 is 18.9 Å². The fraction of sp³-hybridized carbons (Fsp3) is 0.360. The van der Waals surface area contributed by atoms with Crippen LogP contribution in [0.4, 0.5) is 28.4 Å². The van der Waals surface area contributed by atoms with E-state index in [2.05, 4.69) is 14.6 Å². The van der Waals surface area contributed by atoms with Gasteiger partial charge in [0, 0.05) is 12.0 Å². The fourth-order valence-corrected chi connectivity index (χ4v) is 4.03. The van der Waals surface area contributed by atoms with Crippen LogP contribution in [0.15, 0.2) is 47.6 Å². The third kappa shape index (κ3) is 5.42. The molecule has 1 unspecified atom stereocenters. The van der Waals surface area contributed by atoms with E-state index in [4.69, 9.17) is 9.47 Å². The topological polar surface area (TPSA) is 107 Å². The van der Waals surface area contributed by atoms with Gasteiger partial charge in [-0.3, -0.25) is 0 Å². The summed E-state index contributed by atoms with van der Waals surface area (Å²) in [6, 6.07) is 8.38. The van der Waals surface area contributed by atoms with Gasteiger partial charge in [-0.25, -0.2) is 14.4 Å². The maximum atomic E-state index is 13.3. The first-order chi connectivity index (χ1) is 18.0. The van der Waals surface area contributed by atoms with Gasteiger partial charge in [0.15, 0.2) is 0 Å². The lowest BCUT2D eigenvalue weighted by Gasteiger charge is -2.35. The minimum Gasteiger partial charge on any atom is -0.467 e. The molecule has 0 radical (unpaired) electrons. The lowest BCUT2D eigenvalue weighted by atomic mass is 9.97. The smallest absolute Gasteiger partial charge is 0.467 e. The zero-order chi connectivity index (χ0) is 28.3. The number of fused-ring (bicyclic) bond motifs is 3. The zero-order valence-corrected chi connectivity index (χ0v) is 21.3. The van der Waals surface area contributed by atoms with Crippen molar-refractivity contribution in [2.24, 2.45) is 5.10 Å². The minimum absolute atomic E-state index is 0.117. The maximum absolute atomic E-state index is 13.3. The molecule has 0 fully saturated rings. The van der Waals surface area contributed by atoms with Crippen molar-refractivity contribution in [3.8, 4) is 5.75 Å². The molecule has 1 aliphatic carbocycles. The van der Waals surface area contributed by atoms with Crippen LogP contribution in [0.3, 0.4) is 0 Å². The maximum Gasteiger partial charge on any atom is 0.573 e. The molecule has 2 aromatic carbocycles. The van der Waals surface area contributed by atoms with E-state index in [1.54, 1.807) is 12.1 Å². The number of nitrogens with zero attached hydrogens (tertiary/aromatic N) is 3. The molecular weight excluding hydrogens is 511 g/mol. The summed E-state index contributed by atoms with van der Waals surface area (Å²) < 4.78 is 56.7. The molecule has 1 aliphatic heterocycles. The first kappa shape index (κ1) is 28.4. The summed E-state index contributed by atoms with van der Waals surface area (Å²) in [6.07, 6.45) is -5.90. The molecule has 0 spiro atoms. The summed E-state index contributed by atoms with van der Waals surface area (Å²) in [4.78, 5) is 39.1. The van der Waals surface area contributed by atoms with Crippen molar-refractivity contribution in [2.75, 3.05) is 25.9 Å². The largest absolute Gasteiger partial charge is 0.573 e. The second-order valence-electron chi connectivity index (χ2n) is 7.91. The summed E-state index contributed by atoms with van der Waals surface area (Å²) >= 11 is 0. The molecule has 3 amide bonds. The van der Waals surface area contributed by atoms with Gasteiger partial charge in [0.05, 0.1) is 19.9 Å². The summed E-state index contributed by atoms with van der Waals surface area (Å²) in [5.74, 6) is -1.25. The molecule has 1 heterocycles. The number of hydrazone groups is 1. The van der Waals surface area contributed by atoms with Gasteiger partial charge in [0.1, 0.15) is 18.2 Å². The summed E-state index contributed by atoms with van der Waals surface area (Å²) in [6.45, 7) is 5.36. The monoisotopic (exact) mass is 537 g/mol. The number of benzene rings is 2. The van der Waals surface area contributed by atoms with Gasteiger partial charge in [0.25, 0.3) is 0 Å². The third-order valence-electron chi connectivity index (χ3n) is 5.60. The Morgan fingerprint density at radius 1 is 1.05 bits per heavy atom. The SMILES string of the molecule is CC.COC(=O)N(C(=O)N1COC2(C(=O)OC)Cc3cc(C)ccc3C2=N1)c1ccc(OC(F)(F)F)cc1. The standard InChI is InChI=1S/C23H20F3N3O7.C2H6/c1-13-4-9-17-14(10-13)11-22(19(30)33-2)18(17)27-28(12-35-22)20(31)29(21(32)34-3)15-5-7-16(8-6-15)36-23(24,25)26;1-2/h4-10H,11-12H2,1-3H3;1-2H3. The number of urea groups is 1. The highest BCUT2D eigenvalue weighted by molar-refractivity contribution is 6.22. The van der Waals surface area contributed by atoms with E-state index in [1.165, 1.54) is 7.11 Å². The van der Waals surface area contributed by atoms with Crippen molar-refractivity contribution in [1.82, 2.24) is 5.01 Å². The van der Waals surface area contributed by atoms with E-state index in [1.807, 2.05) is 26.8 Å². The van der Waals surface area contributed by atoms with E-state index in [9.17, 15) is 27.6 Å². The second kappa shape index (κ2) is 11.1. The molecular formula is C25H26F3N3O7. The normalized spacial score (nSPS) is 17.7. The molecule has 0 N–H and O–H groups in total. The number of hydrogen-bond acceptors (Lipinski definition) is 8. The van der Waals surface area contributed by atoms with E-state index >= 15 is 0 Å². The van der Waals surface area contributed by atoms with Crippen LogP contribution in [0.5, 0.6) is 5.75 Å². The summed E-state index contributed by atoms with van der Waals surface area (Å²) in [7, 11) is 2.23. The van der Waals surface area contributed by atoms with Crippen LogP contribution in [-0.2, 0) is 25.4 Å². The lowest BCUT2D eigenvalue weighted by Crippen LogP contribution is -2.56. The number of hydrogen-bond donors (Lipinski definition) is 0. The van der Waals surface area contributed by atoms with E-state index < -0.39 is 42.5 Å². The quantitative estimate of drug-likeness (QED) is 0.519. The molecule has 1 atom stereocenters. The van der Waals surface area contributed by atoms with Crippen molar-refractivity contribution < 1.29 is 46.5 Å². The average Bonchev–Trinajstić information content (AvgIpc) is 3.23. The van der Waals surface area contributed by atoms with Gasteiger partial charge in [0.2, 0.25) is 5.60 Å². The summed E-state index contributed by atoms with van der Waals surface area (Å²) in [5.41, 5.74) is 0.710. The number of esters is 1. The van der Waals surface area contributed by atoms with E-state index in [0.717, 1.165) is 47.5 Å². The molecule has 0 saturated carbocycles. The number of anilines is 1. The number of amides is 3. The van der Waals surface area contributed by atoms with Crippen LogP contribution in [0.25, 0.3) is 0 Å². The molecule has 2 aromatic rings. The van der Waals surface area contributed by atoms with Crippen molar-refractivity contribution in [2.45, 2.75) is 39.2 Å². The molecule has 13 heteroatoms. The molecule has 204 valence electrons. The zero-order valence-electron chi connectivity index (χ0n) is 21.3. The number of alkyl halides is 3. The highest BCUT2D eigenvalue weighted by Crippen LogP contribution is 2.38. The predicted octanol–water partition coefficient (Wildman–Crippen LogP) is 4.77. The van der Waals surface area contributed by atoms with Crippen LogP contribution in [0, 0.1) is 6.92 Å². The first-order valence-corrected chi connectivity index (χ1v) is 11.5. The molecule has 0 aromatic heterocycles. The number of aryl methyl sites for hydroxylation is 1. The van der Waals surface area contributed by atoms with Crippen molar-refractivity contribution in [1.29, 1.82) is 0 Å². The van der Waals surface area contributed by atoms with Gasteiger partial charge >= 0.3 is 24.5 Å². The van der Waals surface area contributed by atoms with E-state index in [-0.39, 0.29) is 17.8 Å². The van der Waals surface area contributed by atoms with Crippen molar-refractivity contribution in [3.63, 3.8) is 0 Å². The number of carbonyl (C=O) groups is 3. The second-order valence-corrected chi connectivity index (χ2v) is 7.91. The van der Waals surface area contributed by atoms with Crippen LogP contribution in [0.2, 0.25) is 0 Å². The van der Waals surface area contributed by atoms with Gasteiger partial charge in [-0.1, -0.05) is 37.6 Å². The summed E-state index contributed by atoms with van der Waals surface area (Å²) in [5, 5.41) is 5.14. The van der Waals surface area contributed by atoms with Gasteiger partial charge in [-0.15, -0.1) is 13.2 Å². The number of methoxy groups -OCH3 is 2. The Morgan fingerprint density at radius 3 is 2.29 bits per heavy atom. The predicted molar refractivity (Wildman–Crippen MR) is 129 cm³/mol. The first-order valence-electron chi connectivity index (χ1n) is 11.5. The number of imide groups is 1. The van der Waals surface area contributed by atoms with Crippen LogP contribution in [0.1, 0.15) is 30.5 Å². The molecule has 4 rings (SSSR count). The van der Waals surface area contributed by atoms with E-state index in [0.29, 0.717) is 10.5 Å². The molecule has 2 aliphatic rings. The van der Waals surface area contributed by atoms with Gasteiger partial charge in [-0.2, -0.15) is 15.0 Å². The Kier molecular flexibility index (Phi) is 8.30. The molecule has 10 nitrogen and oxygen atoms in total. The highest BCUT2D eigenvalue weighted by Gasteiger charge is 2.55. The highest BCUT2D eigenvalue weighted by atomic mass is 19.4. The number of halogens is 3. The van der Waals surface area contributed by atoms with Crippen LogP contribution < -0.4 is 9.64 Å². The minimum atomic E-state index is -4.91. The average molecular weight is 537 g/mol. The number of ether oxygens (including phenoxy) is 4. The van der Waals surface area contributed by atoms with Crippen molar-refractivity contribution in [3.05, 3.63) is 59.2 Å². The Bertz CT molecular complexity index is 1250. The van der Waals surface area contributed by atoms with Crippen LogP contribution >= 0.6 is 0 Å². The molecule has 38 heavy (non-hydrogen) atoms. The fourth-order valence-electron chi connectivity index (χ4n) is 4.03. The van der Waals surface area contributed by atoms with Gasteiger partial charge in [-0.05, 0) is 36.8 Å². The van der Waals surface area contributed by atoms with Crippen molar-refractivity contribution >= 4 is 29.5 Å². The number of carbonyl (C=O) groups excluding carboxylic acids is 3. The van der Waals surface area contributed by atoms with Crippen LogP contribution in [-0.4, -0.2) is 61.7 Å². The Morgan fingerprint density at radius 2 is 1.71 bits per heavy atom. The molecule has 0 saturated heterocycles. The lowest BCUT2D eigenvalue weighted by molar-refractivity contribution is -0.274. The Labute approximate surface area is 216 Å². The number of rotatable bonds is 3. The Balaban J connectivity index is 0.00000195. The third-order valence-corrected chi connectivity index (χ3v) is 5.60. The Hall–Kier alpha value is -4.13.